The van der Waals surface area contributed by atoms with Crippen LogP contribution in [-0.2, 0) is 4.79 Å². The minimum absolute atomic E-state index is 0.333. The molecule has 0 fully saturated rings. The van der Waals surface area contributed by atoms with Gasteiger partial charge in [0.05, 0.1) is 14.2 Å². The third-order valence-electron chi connectivity index (χ3n) is 1.29. The van der Waals surface area contributed by atoms with Gasteiger partial charge in [-0.15, -0.1) is 0 Å². The smallest absolute Gasteiger partial charge is 0.300 e. The first-order chi connectivity index (χ1) is 8.34. The molecule has 0 aliphatic carbocycles. The molecule has 0 aliphatic rings. The van der Waals surface area contributed by atoms with Crippen LogP contribution >= 0.6 is 0 Å². The Labute approximate surface area is 106 Å². The molecule has 1 rings (SSSR count). The van der Waals surface area contributed by atoms with Gasteiger partial charge in [0.25, 0.3) is 5.97 Å². The number of hydrogen-bond donors (Lipinski definition) is 4. The molecular formula is C11H19N3O4. The second-order valence-corrected chi connectivity index (χ2v) is 2.83. The zero-order valence-electron chi connectivity index (χ0n) is 10.6. The van der Waals surface area contributed by atoms with E-state index in [1.54, 1.807) is 14.2 Å². The molecular weight excluding hydrogens is 238 g/mol. The SMILES string of the molecule is CC(=O)O.COc1ccccc1OC.N=C(N)N. The van der Waals surface area contributed by atoms with Crippen LogP contribution in [0.2, 0.25) is 0 Å². The second kappa shape index (κ2) is 11.1. The predicted octanol–water partition coefficient (Wildman–Crippen LogP) is 0.633. The number of nitrogens with one attached hydrogen (secondary N) is 1. The van der Waals surface area contributed by atoms with E-state index in [4.69, 9.17) is 24.8 Å². The fraction of sp³-hybridized carbons (Fsp3) is 0.273. The number of guanidine groups is 1. The molecule has 0 atom stereocenters. The van der Waals surface area contributed by atoms with Gasteiger partial charge < -0.3 is 26.0 Å². The molecule has 102 valence electrons. The summed E-state index contributed by atoms with van der Waals surface area (Å²) in [4.78, 5) is 9.00. The molecule has 18 heavy (non-hydrogen) atoms. The third kappa shape index (κ3) is 13.6. The molecule has 0 saturated heterocycles. The number of ether oxygens (including phenoxy) is 2. The Balaban J connectivity index is 0. The van der Waals surface area contributed by atoms with E-state index < -0.39 is 5.97 Å². The first kappa shape index (κ1) is 17.9. The van der Waals surface area contributed by atoms with Crippen LogP contribution in [0.3, 0.4) is 0 Å². The summed E-state index contributed by atoms with van der Waals surface area (Å²) in [7, 11) is 3.25. The predicted molar refractivity (Wildman–Crippen MR) is 69.0 cm³/mol. The number of carboxylic acids is 1. The maximum atomic E-state index is 9.00. The van der Waals surface area contributed by atoms with Gasteiger partial charge in [-0.2, -0.15) is 0 Å². The van der Waals surface area contributed by atoms with Crippen LogP contribution in [0, 0.1) is 5.41 Å². The fourth-order valence-corrected chi connectivity index (χ4v) is 0.787. The largest absolute Gasteiger partial charge is 0.493 e. The summed E-state index contributed by atoms with van der Waals surface area (Å²) >= 11 is 0. The van der Waals surface area contributed by atoms with Crippen molar-refractivity contribution in [1.29, 1.82) is 5.41 Å². The first-order valence-corrected chi connectivity index (χ1v) is 4.81. The molecule has 0 amide bonds. The molecule has 0 spiro atoms. The van der Waals surface area contributed by atoms with Gasteiger partial charge in [0.1, 0.15) is 0 Å². The highest BCUT2D eigenvalue weighted by molar-refractivity contribution is 5.71. The highest BCUT2D eigenvalue weighted by Gasteiger charge is 1.97. The number of aliphatic carboxylic acids is 1. The van der Waals surface area contributed by atoms with Crippen molar-refractivity contribution in [3.8, 4) is 11.5 Å². The number of carbonyl (C=O) groups is 1. The number of methoxy groups -OCH3 is 2. The van der Waals surface area contributed by atoms with E-state index >= 15 is 0 Å². The number of benzene rings is 1. The highest BCUT2D eigenvalue weighted by Crippen LogP contribution is 2.24. The average Bonchev–Trinajstić information content (AvgIpc) is 2.27. The molecule has 0 unspecified atom stereocenters. The minimum Gasteiger partial charge on any atom is -0.493 e. The van der Waals surface area contributed by atoms with Crippen LogP contribution in [0.4, 0.5) is 0 Å². The van der Waals surface area contributed by atoms with Crippen molar-refractivity contribution < 1.29 is 19.4 Å². The van der Waals surface area contributed by atoms with Crippen molar-refractivity contribution in [2.45, 2.75) is 6.92 Å². The maximum absolute atomic E-state index is 9.00. The number of hydrogen-bond acceptors (Lipinski definition) is 4. The van der Waals surface area contributed by atoms with Gasteiger partial charge in [0.15, 0.2) is 17.5 Å². The summed E-state index contributed by atoms with van der Waals surface area (Å²) in [5, 5.41) is 13.5. The zero-order chi connectivity index (χ0) is 14.6. The van der Waals surface area contributed by atoms with Crippen LogP contribution in [0.25, 0.3) is 0 Å². The summed E-state index contributed by atoms with van der Waals surface area (Å²) in [6.07, 6.45) is 0. The lowest BCUT2D eigenvalue weighted by Gasteiger charge is -2.04. The van der Waals surface area contributed by atoms with Crippen LogP contribution in [0.15, 0.2) is 24.3 Å². The van der Waals surface area contributed by atoms with E-state index in [1.807, 2.05) is 24.3 Å². The van der Waals surface area contributed by atoms with Crippen LogP contribution < -0.4 is 20.9 Å². The van der Waals surface area contributed by atoms with Gasteiger partial charge in [0, 0.05) is 6.92 Å². The lowest BCUT2D eigenvalue weighted by Crippen LogP contribution is -2.20. The van der Waals surface area contributed by atoms with Crippen molar-refractivity contribution >= 4 is 11.9 Å². The summed E-state index contributed by atoms with van der Waals surface area (Å²) in [5.74, 6) is 0.370. The number of nitrogens with two attached hydrogens (primary N) is 2. The minimum atomic E-state index is -0.833. The molecule has 6 N–H and O–H groups in total. The van der Waals surface area contributed by atoms with Gasteiger partial charge in [-0.25, -0.2) is 0 Å². The van der Waals surface area contributed by atoms with E-state index in [1.165, 1.54) is 0 Å². The van der Waals surface area contributed by atoms with E-state index in [9.17, 15) is 0 Å². The van der Waals surface area contributed by atoms with Crippen LogP contribution in [-0.4, -0.2) is 31.3 Å². The van der Waals surface area contributed by atoms with Gasteiger partial charge in [0.2, 0.25) is 0 Å². The van der Waals surface area contributed by atoms with Crippen molar-refractivity contribution in [3.63, 3.8) is 0 Å². The molecule has 0 heterocycles. The Morgan fingerprint density at radius 2 is 1.39 bits per heavy atom. The summed E-state index contributed by atoms with van der Waals surface area (Å²) < 4.78 is 10.0. The van der Waals surface area contributed by atoms with Crippen molar-refractivity contribution in [3.05, 3.63) is 24.3 Å². The zero-order valence-corrected chi connectivity index (χ0v) is 10.6. The topological polar surface area (TPSA) is 132 Å². The Morgan fingerprint density at radius 1 is 1.17 bits per heavy atom. The molecule has 7 heteroatoms. The maximum Gasteiger partial charge on any atom is 0.300 e. The van der Waals surface area contributed by atoms with E-state index in [0.29, 0.717) is 0 Å². The summed E-state index contributed by atoms with van der Waals surface area (Å²) in [6.45, 7) is 1.08. The lowest BCUT2D eigenvalue weighted by atomic mass is 10.3. The number of rotatable bonds is 2. The van der Waals surface area contributed by atoms with E-state index in [0.717, 1.165) is 18.4 Å². The third-order valence-corrected chi connectivity index (χ3v) is 1.29. The monoisotopic (exact) mass is 257 g/mol. The van der Waals surface area contributed by atoms with Gasteiger partial charge in [-0.05, 0) is 12.1 Å². The van der Waals surface area contributed by atoms with E-state index in [-0.39, 0.29) is 5.96 Å². The molecule has 7 nitrogen and oxygen atoms in total. The summed E-state index contributed by atoms with van der Waals surface area (Å²) in [6, 6.07) is 7.53. The Kier molecular flexibility index (Phi) is 11.0. The van der Waals surface area contributed by atoms with E-state index in [2.05, 4.69) is 11.5 Å². The molecule has 0 aliphatic heterocycles. The Morgan fingerprint density at radius 3 is 1.56 bits per heavy atom. The van der Waals surface area contributed by atoms with Gasteiger partial charge in [-0.1, -0.05) is 12.1 Å². The average molecular weight is 257 g/mol. The van der Waals surface area contributed by atoms with Crippen LogP contribution in [0.1, 0.15) is 6.92 Å². The quantitative estimate of drug-likeness (QED) is 0.454. The molecule has 1 aromatic carbocycles. The van der Waals surface area contributed by atoms with Crippen molar-refractivity contribution in [2.24, 2.45) is 11.5 Å². The Hall–Kier alpha value is -2.44. The molecule has 0 saturated carbocycles. The van der Waals surface area contributed by atoms with Crippen LogP contribution in [0.5, 0.6) is 11.5 Å². The first-order valence-electron chi connectivity index (χ1n) is 4.81. The molecule has 0 bridgehead atoms. The molecule has 1 aromatic rings. The normalized spacial score (nSPS) is 7.72. The number of para-hydroxylation sites is 2. The lowest BCUT2D eigenvalue weighted by molar-refractivity contribution is -0.134. The molecule has 0 radical (unpaired) electrons. The molecule has 0 aromatic heterocycles. The fourth-order valence-electron chi connectivity index (χ4n) is 0.787. The van der Waals surface area contributed by atoms with Crippen molar-refractivity contribution in [2.75, 3.05) is 14.2 Å². The van der Waals surface area contributed by atoms with Crippen molar-refractivity contribution in [1.82, 2.24) is 0 Å². The number of carboxylic acid groups (broad SMARTS) is 1. The summed E-state index contributed by atoms with van der Waals surface area (Å²) in [5.41, 5.74) is 8.94. The van der Waals surface area contributed by atoms with Gasteiger partial charge in [-0.3, -0.25) is 10.2 Å². The van der Waals surface area contributed by atoms with Gasteiger partial charge >= 0.3 is 0 Å². The highest BCUT2D eigenvalue weighted by atomic mass is 16.5. The Bertz CT molecular complexity index is 326. The second-order valence-electron chi connectivity index (χ2n) is 2.83. The standard InChI is InChI=1S/C8H10O2.C2H4O2.CH5N3/c1-9-7-5-3-4-6-8(7)10-2;1-2(3)4;2-1(3)4/h3-6H,1-2H3;1H3,(H,3,4);(H5,2,3,4).